The number of nitrogens with zero attached hydrogens (tertiary/aromatic N) is 3. The lowest BCUT2D eigenvalue weighted by molar-refractivity contribution is -0.132. The summed E-state index contributed by atoms with van der Waals surface area (Å²) in [5.41, 5.74) is 0.746. The van der Waals surface area contributed by atoms with Crippen molar-refractivity contribution in [2.75, 3.05) is 6.61 Å². The Bertz CT molecular complexity index is 529. The molecule has 0 saturated heterocycles. The minimum Gasteiger partial charge on any atom is -0.461 e. The Balaban J connectivity index is 1.99. The Morgan fingerprint density at radius 3 is 2.58 bits per heavy atom. The third-order valence-electron chi connectivity index (χ3n) is 2.21. The molecule has 8 heteroatoms. The molecule has 4 nitrogen and oxygen atoms in total. The maximum absolute atomic E-state index is 12.2. The zero-order valence-corrected chi connectivity index (χ0v) is 11.1. The molecule has 0 amide bonds. The van der Waals surface area contributed by atoms with Crippen molar-refractivity contribution in [2.24, 2.45) is 0 Å². The van der Waals surface area contributed by atoms with Gasteiger partial charge in [-0.05, 0) is 12.1 Å². The molecule has 1 aromatic heterocycles. The van der Waals surface area contributed by atoms with Crippen LogP contribution in [-0.4, -0.2) is 32.4 Å². The van der Waals surface area contributed by atoms with Crippen LogP contribution in [0.1, 0.15) is 0 Å². The molecule has 1 heterocycles. The molecule has 0 radical (unpaired) electrons. The smallest absolute Gasteiger partial charge is 0.404 e. The molecule has 0 aliphatic heterocycles. The number of hydrogen-bond acceptors (Lipinski definition) is 3. The fourth-order valence-electron chi connectivity index (χ4n) is 1.26. The van der Waals surface area contributed by atoms with E-state index in [-0.39, 0.29) is 6.01 Å². The zero-order valence-electron chi connectivity index (χ0n) is 9.51. The van der Waals surface area contributed by atoms with E-state index in [1.54, 1.807) is 12.1 Å². The topological polar surface area (TPSA) is 39.9 Å². The van der Waals surface area contributed by atoms with Gasteiger partial charge in [-0.25, -0.2) is 4.68 Å². The van der Waals surface area contributed by atoms with E-state index in [2.05, 4.69) is 26.0 Å². The maximum atomic E-state index is 12.2. The summed E-state index contributed by atoms with van der Waals surface area (Å²) in [6, 6.07) is 8.96. The summed E-state index contributed by atoms with van der Waals surface area (Å²) in [6.07, 6.45) is -2.98. The molecule has 2 aromatic rings. The number of ether oxygens (including phenoxy) is 1. The summed E-state index contributed by atoms with van der Waals surface area (Å²) in [5, 5.41) is 3.93. The Kier molecular flexibility index (Phi) is 4.08. The van der Waals surface area contributed by atoms with E-state index in [9.17, 15) is 13.2 Å². The minimum absolute atomic E-state index is 0.0995. The number of rotatable bonds is 4. The highest BCUT2D eigenvalue weighted by atomic mass is 79.9. The molecule has 1 aromatic carbocycles. The zero-order chi connectivity index (χ0) is 13.9. The first-order valence-electron chi connectivity index (χ1n) is 5.27. The van der Waals surface area contributed by atoms with Gasteiger partial charge in [0.1, 0.15) is 17.8 Å². The van der Waals surface area contributed by atoms with Crippen molar-refractivity contribution in [1.82, 2.24) is 14.8 Å². The quantitative estimate of drug-likeness (QED) is 0.806. The summed E-state index contributed by atoms with van der Waals surface area (Å²) in [7, 11) is 0. The summed E-state index contributed by atoms with van der Waals surface area (Å²) in [5.74, 6) is 0. The predicted octanol–water partition coefficient (Wildman–Crippen LogP) is 2.97. The van der Waals surface area contributed by atoms with Gasteiger partial charge in [-0.3, -0.25) is 0 Å². The molecule has 0 aliphatic carbocycles. The highest BCUT2D eigenvalue weighted by Crippen LogP contribution is 2.26. The first kappa shape index (κ1) is 13.9. The molecule has 0 spiro atoms. The second-order valence-corrected chi connectivity index (χ2v) is 4.73. The standard InChI is InChI=1S/C11H9BrF3N3O/c12-9(11(13,14)15)6-19-10-16-7-18(17-10)8-4-2-1-3-5-8/h1-5,7,9H,6H2. The van der Waals surface area contributed by atoms with Crippen molar-refractivity contribution in [3.63, 3.8) is 0 Å². The lowest BCUT2D eigenvalue weighted by atomic mass is 10.3. The largest absolute Gasteiger partial charge is 0.461 e. The third-order valence-corrected chi connectivity index (χ3v) is 2.99. The molecular weight excluding hydrogens is 327 g/mol. The normalized spacial score (nSPS) is 13.3. The summed E-state index contributed by atoms with van der Waals surface area (Å²) in [4.78, 5) is 2.04. The van der Waals surface area contributed by atoms with Crippen molar-refractivity contribution in [2.45, 2.75) is 11.0 Å². The van der Waals surface area contributed by atoms with Crippen LogP contribution in [0.2, 0.25) is 0 Å². The van der Waals surface area contributed by atoms with Gasteiger partial charge in [0.05, 0.1) is 5.69 Å². The van der Waals surface area contributed by atoms with Crippen LogP contribution in [0.4, 0.5) is 13.2 Å². The number of aromatic nitrogens is 3. The lowest BCUT2D eigenvalue weighted by Gasteiger charge is -2.12. The molecule has 2 rings (SSSR count). The van der Waals surface area contributed by atoms with Gasteiger partial charge < -0.3 is 4.74 Å². The summed E-state index contributed by atoms with van der Waals surface area (Å²) >= 11 is 2.50. The summed E-state index contributed by atoms with van der Waals surface area (Å²) in [6.45, 7) is -0.581. The van der Waals surface area contributed by atoms with Crippen LogP contribution in [0.5, 0.6) is 6.01 Å². The van der Waals surface area contributed by atoms with Gasteiger partial charge in [-0.1, -0.05) is 34.1 Å². The van der Waals surface area contributed by atoms with Crippen molar-refractivity contribution in [3.05, 3.63) is 36.7 Å². The Hall–Kier alpha value is -1.57. The molecule has 0 aliphatic rings. The van der Waals surface area contributed by atoms with E-state index < -0.39 is 17.6 Å². The van der Waals surface area contributed by atoms with E-state index in [1.165, 1.54) is 11.0 Å². The SMILES string of the molecule is FC(F)(F)C(Br)COc1ncn(-c2ccccc2)n1. The minimum atomic E-state index is -4.36. The van der Waals surface area contributed by atoms with E-state index in [0.717, 1.165) is 5.69 Å². The van der Waals surface area contributed by atoms with Gasteiger partial charge in [-0.15, -0.1) is 5.10 Å². The number of para-hydroxylation sites is 1. The molecular formula is C11H9BrF3N3O. The van der Waals surface area contributed by atoms with Crippen molar-refractivity contribution < 1.29 is 17.9 Å². The number of hydrogen-bond donors (Lipinski definition) is 0. The van der Waals surface area contributed by atoms with Crippen LogP contribution in [-0.2, 0) is 0 Å². The first-order valence-corrected chi connectivity index (χ1v) is 6.19. The van der Waals surface area contributed by atoms with Crippen LogP contribution in [0.25, 0.3) is 5.69 Å². The Morgan fingerprint density at radius 2 is 1.95 bits per heavy atom. The number of alkyl halides is 4. The van der Waals surface area contributed by atoms with Crippen LogP contribution in [0.3, 0.4) is 0 Å². The Morgan fingerprint density at radius 1 is 1.26 bits per heavy atom. The van der Waals surface area contributed by atoms with Gasteiger partial charge in [0.2, 0.25) is 0 Å². The van der Waals surface area contributed by atoms with E-state index in [4.69, 9.17) is 4.74 Å². The average Bonchev–Trinajstić information content (AvgIpc) is 2.84. The van der Waals surface area contributed by atoms with Gasteiger partial charge in [0.25, 0.3) is 0 Å². The number of benzene rings is 1. The molecule has 0 fully saturated rings. The van der Waals surface area contributed by atoms with Gasteiger partial charge in [0.15, 0.2) is 0 Å². The fourth-order valence-corrected chi connectivity index (χ4v) is 1.39. The van der Waals surface area contributed by atoms with E-state index in [1.807, 2.05) is 18.2 Å². The van der Waals surface area contributed by atoms with Crippen LogP contribution < -0.4 is 4.74 Å². The number of halogens is 4. The molecule has 0 N–H and O–H groups in total. The first-order chi connectivity index (χ1) is 8.97. The van der Waals surface area contributed by atoms with Crippen molar-refractivity contribution >= 4 is 15.9 Å². The van der Waals surface area contributed by atoms with Crippen LogP contribution >= 0.6 is 15.9 Å². The van der Waals surface area contributed by atoms with Crippen molar-refractivity contribution in [3.8, 4) is 11.7 Å². The molecule has 1 unspecified atom stereocenters. The monoisotopic (exact) mass is 335 g/mol. The van der Waals surface area contributed by atoms with E-state index >= 15 is 0 Å². The van der Waals surface area contributed by atoms with Crippen molar-refractivity contribution in [1.29, 1.82) is 0 Å². The van der Waals surface area contributed by atoms with Gasteiger partial charge in [0, 0.05) is 0 Å². The van der Waals surface area contributed by atoms with Gasteiger partial charge >= 0.3 is 12.2 Å². The predicted molar refractivity (Wildman–Crippen MR) is 65.6 cm³/mol. The third kappa shape index (κ3) is 3.69. The fraction of sp³-hybridized carbons (Fsp3) is 0.273. The highest BCUT2D eigenvalue weighted by Gasteiger charge is 2.38. The molecule has 0 saturated carbocycles. The molecule has 0 bridgehead atoms. The second kappa shape index (κ2) is 5.60. The molecule has 1 atom stereocenters. The average molecular weight is 336 g/mol. The second-order valence-electron chi connectivity index (χ2n) is 3.63. The van der Waals surface area contributed by atoms with Crippen LogP contribution in [0.15, 0.2) is 36.7 Å². The lowest BCUT2D eigenvalue weighted by Crippen LogP contribution is -2.29. The maximum Gasteiger partial charge on any atom is 0.404 e. The van der Waals surface area contributed by atoms with Gasteiger partial charge in [-0.2, -0.15) is 18.2 Å². The van der Waals surface area contributed by atoms with E-state index in [0.29, 0.717) is 0 Å². The Labute approximate surface area is 115 Å². The summed E-state index contributed by atoms with van der Waals surface area (Å²) < 4.78 is 43.1. The van der Waals surface area contributed by atoms with Crippen LogP contribution in [0, 0.1) is 0 Å². The molecule has 19 heavy (non-hydrogen) atoms. The molecule has 102 valence electrons. The highest BCUT2D eigenvalue weighted by molar-refractivity contribution is 9.09.